The van der Waals surface area contributed by atoms with E-state index in [1.807, 2.05) is 0 Å². The van der Waals surface area contributed by atoms with Crippen molar-refractivity contribution >= 4 is 6.15 Å². The lowest BCUT2D eigenvalue weighted by Gasteiger charge is -1.97. The molecule has 0 N–H and O–H groups in total. The minimum absolute atomic E-state index is 0.250. The summed E-state index contributed by atoms with van der Waals surface area (Å²) in [6.45, 7) is 5.13. The summed E-state index contributed by atoms with van der Waals surface area (Å²) >= 11 is 0. The Kier molecular flexibility index (Phi) is 12.9. The SMILES string of the molecule is COCC(C)C.O=C=O. The molecule has 3 heteroatoms. The molecule has 0 fully saturated rings. The lowest BCUT2D eigenvalue weighted by molar-refractivity contribution is -0.191. The highest BCUT2D eigenvalue weighted by Crippen LogP contribution is 1.88. The van der Waals surface area contributed by atoms with Gasteiger partial charge in [-0.15, -0.1) is 0 Å². The number of methoxy groups -OCH3 is 1. The Hall–Kier alpha value is -0.660. The number of hydrogen-bond acceptors (Lipinski definition) is 3. The Morgan fingerprint density at radius 1 is 1.44 bits per heavy atom. The van der Waals surface area contributed by atoms with Crippen LogP contribution in [0.3, 0.4) is 0 Å². The molecular formula is C6H12O3. The van der Waals surface area contributed by atoms with Gasteiger partial charge >= 0.3 is 6.15 Å². The number of rotatable bonds is 2. The Balaban J connectivity index is 0. The lowest BCUT2D eigenvalue weighted by atomic mass is 10.2. The number of ether oxygens (including phenoxy) is 1. The zero-order valence-electron chi connectivity index (χ0n) is 6.01. The third kappa shape index (κ3) is 38.2. The van der Waals surface area contributed by atoms with E-state index in [1.165, 1.54) is 0 Å². The fraction of sp³-hybridized carbons (Fsp3) is 0.833. The van der Waals surface area contributed by atoms with E-state index < -0.39 is 0 Å². The summed E-state index contributed by atoms with van der Waals surface area (Å²) in [5, 5.41) is 0. The first kappa shape index (κ1) is 11.2. The van der Waals surface area contributed by atoms with Crippen LogP contribution in [-0.2, 0) is 14.3 Å². The van der Waals surface area contributed by atoms with E-state index in [4.69, 9.17) is 14.3 Å². The molecule has 0 bridgehead atoms. The molecule has 0 saturated heterocycles. The average molecular weight is 132 g/mol. The number of carbonyl (C=O) groups excluding carboxylic acids is 2. The molecule has 0 aliphatic carbocycles. The van der Waals surface area contributed by atoms with E-state index in [0.717, 1.165) is 6.61 Å². The van der Waals surface area contributed by atoms with Crippen molar-refractivity contribution < 1.29 is 14.3 Å². The second-order valence-electron chi connectivity index (χ2n) is 1.93. The predicted octanol–water partition coefficient (Wildman–Crippen LogP) is 0.705. The van der Waals surface area contributed by atoms with Gasteiger partial charge in [-0.3, -0.25) is 0 Å². The maximum atomic E-state index is 8.12. The largest absolute Gasteiger partial charge is 0.384 e. The van der Waals surface area contributed by atoms with Crippen LogP contribution in [0.5, 0.6) is 0 Å². The van der Waals surface area contributed by atoms with Crippen molar-refractivity contribution in [3.8, 4) is 0 Å². The maximum Gasteiger partial charge on any atom is 0.373 e. The van der Waals surface area contributed by atoms with Crippen LogP contribution in [-0.4, -0.2) is 19.9 Å². The number of hydrogen-bond donors (Lipinski definition) is 0. The molecule has 0 aliphatic rings. The highest BCUT2D eigenvalue weighted by Gasteiger charge is 1.85. The smallest absolute Gasteiger partial charge is 0.373 e. The Labute approximate surface area is 55.0 Å². The lowest BCUT2D eigenvalue weighted by Crippen LogP contribution is -1.96. The molecule has 9 heavy (non-hydrogen) atoms. The minimum atomic E-state index is 0.250. The summed E-state index contributed by atoms with van der Waals surface area (Å²) in [6, 6.07) is 0. The second-order valence-corrected chi connectivity index (χ2v) is 1.93. The molecule has 0 atom stereocenters. The zero-order chi connectivity index (χ0) is 7.70. The van der Waals surface area contributed by atoms with Crippen LogP contribution in [0.15, 0.2) is 0 Å². The van der Waals surface area contributed by atoms with Crippen molar-refractivity contribution in [1.29, 1.82) is 0 Å². The van der Waals surface area contributed by atoms with Gasteiger partial charge in [0.15, 0.2) is 0 Å². The van der Waals surface area contributed by atoms with Crippen LogP contribution in [0.4, 0.5) is 0 Å². The van der Waals surface area contributed by atoms with Crippen LogP contribution in [0, 0.1) is 5.92 Å². The first-order chi connectivity index (χ1) is 4.18. The van der Waals surface area contributed by atoms with Gasteiger partial charge in [0.25, 0.3) is 0 Å². The Morgan fingerprint density at radius 3 is 1.78 bits per heavy atom. The molecule has 0 unspecified atom stereocenters. The van der Waals surface area contributed by atoms with Gasteiger partial charge in [-0.25, -0.2) is 0 Å². The normalized spacial score (nSPS) is 7.56. The van der Waals surface area contributed by atoms with Crippen molar-refractivity contribution in [2.75, 3.05) is 13.7 Å². The Morgan fingerprint density at radius 2 is 1.78 bits per heavy atom. The summed E-state index contributed by atoms with van der Waals surface area (Å²) in [4.78, 5) is 16.2. The molecule has 0 heterocycles. The van der Waals surface area contributed by atoms with Gasteiger partial charge in [0.1, 0.15) is 0 Å². The van der Waals surface area contributed by atoms with Crippen molar-refractivity contribution in [3.05, 3.63) is 0 Å². The monoisotopic (exact) mass is 132 g/mol. The van der Waals surface area contributed by atoms with Crippen LogP contribution in [0.1, 0.15) is 13.8 Å². The second kappa shape index (κ2) is 10.3. The molecule has 0 amide bonds. The summed E-state index contributed by atoms with van der Waals surface area (Å²) in [5.74, 6) is 0.676. The van der Waals surface area contributed by atoms with E-state index in [0.29, 0.717) is 5.92 Å². The average Bonchev–Trinajstić information content (AvgIpc) is 1.67. The van der Waals surface area contributed by atoms with E-state index >= 15 is 0 Å². The molecule has 0 saturated carbocycles. The van der Waals surface area contributed by atoms with Gasteiger partial charge in [0.05, 0.1) is 0 Å². The van der Waals surface area contributed by atoms with Crippen molar-refractivity contribution in [3.63, 3.8) is 0 Å². The van der Waals surface area contributed by atoms with Crippen molar-refractivity contribution in [2.24, 2.45) is 5.92 Å². The first-order valence-electron chi connectivity index (χ1n) is 2.67. The van der Waals surface area contributed by atoms with Gasteiger partial charge < -0.3 is 4.74 Å². The highest BCUT2D eigenvalue weighted by molar-refractivity contribution is 5.20. The van der Waals surface area contributed by atoms with E-state index in [9.17, 15) is 0 Å². The van der Waals surface area contributed by atoms with Crippen molar-refractivity contribution in [1.82, 2.24) is 0 Å². The van der Waals surface area contributed by atoms with Crippen LogP contribution in [0.25, 0.3) is 0 Å². The quantitative estimate of drug-likeness (QED) is 0.555. The maximum absolute atomic E-state index is 8.12. The predicted molar refractivity (Wildman–Crippen MR) is 31.7 cm³/mol. The van der Waals surface area contributed by atoms with Gasteiger partial charge in [-0.05, 0) is 5.92 Å². The summed E-state index contributed by atoms with van der Waals surface area (Å²) < 4.78 is 4.80. The molecule has 0 rings (SSSR count). The summed E-state index contributed by atoms with van der Waals surface area (Å²) in [6.07, 6.45) is 0.250. The zero-order valence-corrected chi connectivity index (χ0v) is 6.01. The fourth-order valence-corrected chi connectivity index (χ4v) is 0.333. The minimum Gasteiger partial charge on any atom is -0.384 e. The van der Waals surface area contributed by atoms with Crippen LogP contribution >= 0.6 is 0 Å². The van der Waals surface area contributed by atoms with E-state index in [2.05, 4.69) is 13.8 Å². The molecular weight excluding hydrogens is 120 g/mol. The Bertz CT molecular complexity index is 72.4. The molecule has 0 aromatic carbocycles. The van der Waals surface area contributed by atoms with Gasteiger partial charge in [-0.1, -0.05) is 13.8 Å². The molecule has 0 spiro atoms. The molecule has 0 aliphatic heterocycles. The van der Waals surface area contributed by atoms with Gasteiger partial charge in [0, 0.05) is 13.7 Å². The molecule has 0 aromatic rings. The van der Waals surface area contributed by atoms with Gasteiger partial charge in [-0.2, -0.15) is 9.59 Å². The molecule has 3 nitrogen and oxygen atoms in total. The topological polar surface area (TPSA) is 43.4 Å². The first-order valence-corrected chi connectivity index (χ1v) is 2.67. The van der Waals surface area contributed by atoms with Crippen LogP contribution < -0.4 is 0 Å². The summed E-state index contributed by atoms with van der Waals surface area (Å²) in [7, 11) is 1.72. The third-order valence-electron chi connectivity index (χ3n) is 0.500. The molecule has 0 aromatic heterocycles. The fourth-order valence-electron chi connectivity index (χ4n) is 0.333. The van der Waals surface area contributed by atoms with Gasteiger partial charge in [0.2, 0.25) is 0 Å². The standard InChI is InChI=1S/C5H12O.CO2/c1-5(2)4-6-3;2-1-3/h5H,4H2,1-3H3;. The van der Waals surface area contributed by atoms with E-state index in [1.54, 1.807) is 7.11 Å². The molecule has 0 radical (unpaired) electrons. The summed E-state index contributed by atoms with van der Waals surface area (Å²) in [5.41, 5.74) is 0. The van der Waals surface area contributed by atoms with Crippen molar-refractivity contribution in [2.45, 2.75) is 13.8 Å². The highest BCUT2D eigenvalue weighted by atomic mass is 16.5. The van der Waals surface area contributed by atoms with Crippen LogP contribution in [0.2, 0.25) is 0 Å². The van der Waals surface area contributed by atoms with E-state index in [-0.39, 0.29) is 6.15 Å². The molecule has 54 valence electrons. The third-order valence-corrected chi connectivity index (χ3v) is 0.500.